The normalized spacial score (nSPS) is 23.8. The van der Waals surface area contributed by atoms with Gasteiger partial charge < -0.3 is 0 Å². The zero-order chi connectivity index (χ0) is 13.9. The van der Waals surface area contributed by atoms with Crippen molar-refractivity contribution in [3.8, 4) is 0 Å². The summed E-state index contributed by atoms with van der Waals surface area (Å²) in [7, 11) is 0. The number of hydrogen-bond acceptors (Lipinski definition) is 1. The molecule has 1 aliphatic carbocycles. The molecule has 3 heteroatoms. The van der Waals surface area contributed by atoms with E-state index < -0.39 is 0 Å². The van der Waals surface area contributed by atoms with Gasteiger partial charge in [-0.05, 0) is 62.3 Å². The van der Waals surface area contributed by atoms with E-state index in [0.29, 0.717) is 10.0 Å². The highest BCUT2D eigenvalue weighted by molar-refractivity contribution is 6.42. The van der Waals surface area contributed by atoms with Crippen molar-refractivity contribution in [3.63, 3.8) is 0 Å². The van der Waals surface area contributed by atoms with Crippen LogP contribution in [0.5, 0.6) is 0 Å². The van der Waals surface area contributed by atoms with Gasteiger partial charge in [0.05, 0.1) is 10.0 Å². The van der Waals surface area contributed by atoms with Crippen molar-refractivity contribution < 1.29 is 0 Å². The van der Waals surface area contributed by atoms with Crippen molar-refractivity contribution in [2.45, 2.75) is 38.1 Å². The zero-order valence-corrected chi connectivity index (χ0v) is 13.2. The summed E-state index contributed by atoms with van der Waals surface area (Å²) in [6.45, 7) is 2.62. The fraction of sp³-hybridized carbons (Fsp3) is 0.529. The summed E-state index contributed by atoms with van der Waals surface area (Å²) in [5.74, 6) is 0.995. The Morgan fingerprint density at radius 2 is 2.00 bits per heavy atom. The summed E-state index contributed by atoms with van der Waals surface area (Å²) < 4.78 is 0. The van der Waals surface area contributed by atoms with E-state index in [9.17, 15) is 0 Å². The lowest BCUT2D eigenvalue weighted by Crippen LogP contribution is -2.30. The summed E-state index contributed by atoms with van der Waals surface area (Å²) in [6, 6.07) is 6.55. The second-order valence-electron chi connectivity index (χ2n) is 6.05. The van der Waals surface area contributed by atoms with Crippen LogP contribution in [0.15, 0.2) is 24.3 Å². The third-order valence-corrected chi connectivity index (χ3v) is 5.09. The van der Waals surface area contributed by atoms with Gasteiger partial charge >= 0.3 is 0 Å². The van der Waals surface area contributed by atoms with E-state index >= 15 is 0 Å². The molecule has 1 saturated heterocycles. The first-order chi connectivity index (χ1) is 9.72. The Labute approximate surface area is 131 Å². The van der Waals surface area contributed by atoms with Gasteiger partial charge in [0.2, 0.25) is 0 Å². The minimum Gasteiger partial charge on any atom is -0.300 e. The van der Waals surface area contributed by atoms with Gasteiger partial charge in [0.25, 0.3) is 0 Å². The van der Waals surface area contributed by atoms with Gasteiger partial charge in [-0.3, -0.25) is 4.90 Å². The molecule has 2 aliphatic rings. The van der Waals surface area contributed by atoms with Crippen molar-refractivity contribution >= 4 is 29.3 Å². The topological polar surface area (TPSA) is 3.24 Å². The van der Waals surface area contributed by atoms with Crippen molar-refractivity contribution in [3.05, 3.63) is 39.9 Å². The van der Waals surface area contributed by atoms with Crippen LogP contribution in [0.2, 0.25) is 10.0 Å². The van der Waals surface area contributed by atoms with Gasteiger partial charge in [0, 0.05) is 12.6 Å². The molecular weight excluding hydrogens is 289 g/mol. The molecule has 2 fully saturated rings. The molecule has 108 valence electrons. The fourth-order valence-electron chi connectivity index (χ4n) is 3.01. The molecular formula is C17H21Cl2N. The first-order valence-corrected chi connectivity index (χ1v) is 8.33. The van der Waals surface area contributed by atoms with E-state index in [4.69, 9.17) is 23.2 Å². The van der Waals surface area contributed by atoms with E-state index in [1.807, 2.05) is 18.2 Å². The molecule has 3 rings (SSSR count). The predicted molar refractivity (Wildman–Crippen MR) is 87.4 cm³/mol. The largest absolute Gasteiger partial charge is 0.300 e. The van der Waals surface area contributed by atoms with E-state index in [1.54, 1.807) is 0 Å². The average molecular weight is 310 g/mol. The minimum absolute atomic E-state index is 0.621. The lowest BCUT2D eigenvalue weighted by Gasteiger charge is -2.23. The van der Waals surface area contributed by atoms with Crippen LogP contribution < -0.4 is 0 Å². The van der Waals surface area contributed by atoms with Crippen LogP contribution in [0.3, 0.4) is 0 Å². The standard InChI is InChI=1S/C17H21Cl2N/c18-16-9-8-13(11-17(16)19)3-1-4-15-5-2-10-20(15)12-14-6-7-14/h1,3,8-9,11,14-15H,2,4-7,10,12H2/b3-1+. The van der Waals surface area contributed by atoms with Crippen molar-refractivity contribution in [1.29, 1.82) is 0 Å². The Kier molecular flexibility index (Phi) is 4.70. The van der Waals surface area contributed by atoms with Crippen LogP contribution in [-0.4, -0.2) is 24.0 Å². The Balaban J connectivity index is 1.54. The van der Waals surface area contributed by atoms with Crippen molar-refractivity contribution in [2.75, 3.05) is 13.1 Å². The third-order valence-electron chi connectivity index (χ3n) is 4.35. The number of benzene rings is 1. The average Bonchev–Trinajstić information content (AvgIpc) is 3.14. The molecule has 1 heterocycles. The SMILES string of the molecule is Clc1ccc(/C=C/CC2CCCN2CC2CC2)cc1Cl. The van der Waals surface area contributed by atoms with Gasteiger partial charge in [-0.1, -0.05) is 41.4 Å². The highest BCUT2D eigenvalue weighted by Crippen LogP contribution is 2.33. The maximum absolute atomic E-state index is 6.03. The number of hydrogen-bond donors (Lipinski definition) is 0. The van der Waals surface area contributed by atoms with Crippen LogP contribution in [0.4, 0.5) is 0 Å². The van der Waals surface area contributed by atoms with Crippen LogP contribution in [0.1, 0.15) is 37.7 Å². The molecule has 1 saturated carbocycles. The van der Waals surface area contributed by atoms with Gasteiger partial charge in [-0.2, -0.15) is 0 Å². The molecule has 1 aromatic carbocycles. The second kappa shape index (κ2) is 6.51. The van der Waals surface area contributed by atoms with Crippen LogP contribution in [0, 0.1) is 5.92 Å². The molecule has 1 aromatic rings. The predicted octanol–water partition coefficient (Wildman–Crippen LogP) is 5.27. The van der Waals surface area contributed by atoms with Crippen LogP contribution in [-0.2, 0) is 0 Å². The zero-order valence-electron chi connectivity index (χ0n) is 11.7. The van der Waals surface area contributed by atoms with Gasteiger partial charge in [0.15, 0.2) is 0 Å². The molecule has 1 atom stereocenters. The molecule has 0 aromatic heterocycles. The van der Waals surface area contributed by atoms with Gasteiger partial charge in [0.1, 0.15) is 0 Å². The summed E-state index contributed by atoms with van der Waals surface area (Å²) in [6.07, 6.45) is 11.2. The van der Waals surface area contributed by atoms with E-state index in [-0.39, 0.29) is 0 Å². The lowest BCUT2D eigenvalue weighted by atomic mass is 10.1. The number of likely N-dealkylation sites (tertiary alicyclic amines) is 1. The van der Waals surface area contributed by atoms with Gasteiger partial charge in [-0.25, -0.2) is 0 Å². The quantitative estimate of drug-likeness (QED) is 0.716. The highest BCUT2D eigenvalue weighted by Gasteiger charge is 2.30. The molecule has 1 nitrogen and oxygen atoms in total. The molecule has 0 N–H and O–H groups in total. The van der Waals surface area contributed by atoms with Crippen molar-refractivity contribution in [2.24, 2.45) is 5.92 Å². The van der Waals surface area contributed by atoms with E-state index in [2.05, 4.69) is 17.1 Å². The number of halogens is 2. The van der Waals surface area contributed by atoms with Crippen LogP contribution >= 0.6 is 23.2 Å². The summed E-state index contributed by atoms with van der Waals surface area (Å²) in [5, 5.41) is 1.25. The Morgan fingerprint density at radius 3 is 2.75 bits per heavy atom. The fourth-order valence-corrected chi connectivity index (χ4v) is 3.32. The lowest BCUT2D eigenvalue weighted by molar-refractivity contribution is 0.245. The molecule has 20 heavy (non-hydrogen) atoms. The Bertz CT molecular complexity index is 494. The van der Waals surface area contributed by atoms with E-state index in [1.165, 1.54) is 38.8 Å². The molecule has 1 unspecified atom stereocenters. The Hall–Kier alpha value is -0.500. The maximum atomic E-state index is 6.03. The van der Waals surface area contributed by atoms with Gasteiger partial charge in [-0.15, -0.1) is 0 Å². The molecule has 0 bridgehead atoms. The monoisotopic (exact) mass is 309 g/mol. The molecule has 0 radical (unpaired) electrons. The number of rotatable bonds is 5. The molecule has 1 aliphatic heterocycles. The van der Waals surface area contributed by atoms with Crippen LogP contribution in [0.25, 0.3) is 6.08 Å². The highest BCUT2D eigenvalue weighted by atomic mass is 35.5. The molecule has 0 spiro atoms. The third kappa shape index (κ3) is 3.78. The maximum Gasteiger partial charge on any atom is 0.0598 e. The molecule has 0 amide bonds. The van der Waals surface area contributed by atoms with E-state index in [0.717, 1.165) is 23.9 Å². The minimum atomic E-state index is 0.621. The summed E-state index contributed by atoms with van der Waals surface area (Å²) >= 11 is 12.0. The van der Waals surface area contributed by atoms with Crippen molar-refractivity contribution in [1.82, 2.24) is 4.90 Å². The first-order valence-electron chi connectivity index (χ1n) is 7.58. The summed E-state index contributed by atoms with van der Waals surface area (Å²) in [4.78, 5) is 2.69. The second-order valence-corrected chi connectivity index (χ2v) is 6.86. The smallest absolute Gasteiger partial charge is 0.0598 e. The Morgan fingerprint density at radius 1 is 1.15 bits per heavy atom. The number of nitrogens with zero attached hydrogens (tertiary/aromatic N) is 1. The summed E-state index contributed by atoms with van der Waals surface area (Å²) in [5.41, 5.74) is 1.13. The first kappa shape index (κ1) is 14.4.